The van der Waals surface area contributed by atoms with Gasteiger partial charge in [0.15, 0.2) is 0 Å². The first-order valence-corrected chi connectivity index (χ1v) is 5.14. The van der Waals surface area contributed by atoms with E-state index in [1.807, 2.05) is 22.7 Å². The van der Waals surface area contributed by atoms with E-state index in [9.17, 15) is 4.79 Å². The van der Waals surface area contributed by atoms with E-state index >= 15 is 0 Å². The van der Waals surface area contributed by atoms with Crippen molar-refractivity contribution in [1.82, 2.24) is 14.5 Å². The predicted octanol–water partition coefficient (Wildman–Crippen LogP) is -0.273. The summed E-state index contributed by atoms with van der Waals surface area (Å²) in [6, 6.07) is 0. The molecule has 1 aromatic rings. The van der Waals surface area contributed by atoms with E-state index in [1.54, 1.807) is 6.20 Å². The highest BCUT2D eigenvalue weighted by molar-refractivity contribution is 5.78. The highest BCUT2D eigenvalue weighted by Gasteiger charge is 2.28. The summed E-state index contributed by atoms with van der Waals surface area (Å²) in [6.45, 7) is 1.95. The van der Waals surface area contributed by atoms with Gasteiger partial charge in [-0.25, -0.2) is 4.98 Å². The molecule has 1 unspecified atom stereocenters. The zero-order chi connectivity index (χ0) is 10.8. The molecular formula is C10H16N4O. The number of imidazole rings is 1. The number of rotatable bonds is 3. The van der Waals surface area contributed by atoms with Gasteiger partial charge >= 0.3 is 0 Å². The molecule has 0 aromatic carbocycles. The molecule has 5 heteroatoms. The number of amides is 1. The molecule has 82 valence electrons. The Kier molecular flexibility index (Phi) is 2.73. The number of hydrogen-bond donors (Lipinski definition) is 1. The second kappa shape index (κ2) is 4.02. The van der Waals surface area contributed by atoms with Crippen molar-refractivity contribution in [3.05, 3.63) is 18.2 Å². The molecule has 2 N–H and O–H groups in total. The second-order valence-corrected chi connectivity index (χ2v) is 4.03. The minimum absolute atomic E-state index is 0.188. The summed E-state index contributed by atoms with van der Waals surface area (Å²) in [6.07, 6.45) is 4.22. The van der Waals surface area contributed by atoms with E-state index in [2.05, 4.69) is 4.98 Å². The van der Waals surface area contributed by atoms with E-state index in [-0.39, 0.29) is 5.91 Å². The molecule has 0 aliphatic carbocycles. The van der Waals surface area contributed by atoms with Gasteiger partial charge in [0.2, 0.25) is 5.91 Å². The van der Waals surface area contributed by atoms with Crippen molar-refractivity contribution in [3.63, 3.8) is 0 Å². The van der Waals surface area contributed by atoms with Crippen LogP contribution in [0.15, 0.2) is 12.4 Å². The molecule has 15 heavy (non-hydrogen) atoms. The van der Waals surface area contributed by atoms with E-state index in [0.717, 1.165) is 12.4 Å². The largest absolute Gasteiger partial charge is 0.337 e. The van der Waals surface area contributed by atoms with E-state index in [1.165, 1.54) is 0 Å². The number of carbonyl (C=O) groups is 1. The molecule has 5 nitrogen and oxygen atoms in total. The number of nitrogens with two attached hydrogens (primary N) is 1. The summed E-state index contributed by atoms with van der Waals surface area (Å²) in [5, 5.41) is 0. The van der Waals surface area contributed by atoms with Gasteiger partial charge in [-0.2, -0.15) is 0 Å². The van der Waals surface area contributed by atoms with Gasteiger partial charge in [0.25, 0.3) is 0 Å². The smallest absolute Gasteiger partial charge is 0.223 e. The van der Waals surface area contributed by atoms with E-state index in [4.69, 9.17) is 5.73 Å². The lowest BCUT2D eigenvalue weighted by molar-refractivity contribution is -0.128. The maximum absolute atomic E-state index is 11.6. The molecule has 1 aliphatic heterocycles. The summed E-state index contributed by atoms with van der Waals surface area (Å²) in [7, 11) is 1.93. The normalized spacial score (nSPS) is 21.3. The standard InChI is InChI=1S/C10H16N4O/c1-13-3-2-12-9(13)7-14-6-8(5-11)4-10(14)15/h2-3,8H,4-7,11H2,1H3. The Morgan fingerprint density at radius 2 is 2.47 bits per heavy atom. The van der Waals surface area contributed by atoms with Gasteiger partial charge in [-0.1, -0.05) is 0 Å². The fourth-order valence-corrected chi connectivity index (χ4v) is 1.88. The lowest BCUT2D eigenvalue weighted by Gasteiger charge is -2.15. The number of aromatic nitrogens is 2. The van der Waals surface area contributed by atoms with Crippen LogP contribution in [0.2, 0.25) is 0 Å². The fourth-order valence-electron chi connectivity index (χ4n) is 1.88. The van der Waals surface area contributed by atoms with Crippen molar-refractivity contribution in [3.8, 4) is 0 Å². The minimum Gasteiger partial charge on any atom is -0.337 e. The van der Waals surface area contributed by atoms with Crippen LogP contribution in [0.3, 0.4) is 0 Å². The summed E-state index contributed by atoms with van der Waals surface area (Å²) in [5.74, 6) is 1.42. The highest BCUT2D eigenvalue weighted by Crippen LogP contribution is 2.18. The maximum Gasteiger partial charge on any atom is 0.223 e. The van der Waals surface area contributed by atoms with Crippen LogP contribution in [-0.4, -0.2) is 33.4 Å². The van der Waals surface area contributed by atoms with Gasteiger partial charge in [-0.3, -0.25) is 4.79 Å². The van der Waals surface area contributed by atoms with E-state index < -0.39 is 0 Å². The third kappa shape index (κ3) is 2.02. The molecule has 2 heterocycles. The van der Waals surface area contributed by atoms with Crippen LogP contribution in [0.5, 0.6) is 0 Å². The quantitative estimate of drug-likeness (QED) is 0.743. The Morgan fingerprint density at radius 3 is 3.00 bits per heavy atom. The van der Waals surface area contributed by atoms with Crippen LogP contribution in [0.25, 0.3) is 0 Å². The molecule has 2 rings (SSSR count). The minimum atomic E-state index is 0.188. The average molecular weight is 208 g/mol. The number of aryl methyl sites for hydroxylation is 1. The molecule has 1 aliphatic rings. The van der Waals surface area contributed by atoms with Crippen molar-refractivity contribution in [2.24, 2.45) is 18.7 Å². The first kappa shape index (κ1) is 10.2. The average Bonchev–Trinajstić information content (AvgIpc) is 2.76. The fraction of sp³-hybridized carbons (Fsp3) is 0.600. The predicted molar refractivity (Wildman–Crippen MR) is 55.8 cm³/mol. The molecule has 1 amide bonds. The summed E-state index contributed by atoms with van der Waals surface area (Å²) < 4.78 is 1.93. The van der Waals surface area contributed by atoms with Gasteiger partial charge in [-0.05, 0) is 12.5 Å². The Morgan fingerprint density at radius 1 is 1.67 bits per heavy atom. The van der Waals surface area contributed by atoms with Crippen LogP contribution in [0, 0.1) is 5.92 Å². The van der Waals surface area contributed by atoms with Crippen molar-refractivity contribution < 1.29 is 4.79 Å². The second-order valence-electron chi connectivity index (χ2n) is 4.03. The van der Waals surface area contributed by atoms with Crippen LogP contribution >= 0.6 is 0 Å². The van der Waals surface area contributed by atoms with Crippen molar-refractivity contribution >= 4 is 5.91 Å². The topological polar surface area (TPSA) is 64.2 Å². The van der Waals surface area contributed by atoms with Crippen molar-refractivity contribution in [2.75, 3.05) is 13.1 Å². The summed E-state index contributed by atoms with van der Waals surface area (Å²) in [5.41, 5.74) is 5.56. The number of carbonyl (C=O) groups excluding carboxylic acids is 1. The molecule has 0 saturated carbocycles. The maximum atomic E-state index is 11.6. The van der Waals surface area contributed by atoms with Crippen molar-refractivity contribution in [2.45, 2.75) is 13.0 Å². The number of likely N-dealkylation sites (tertiary alicyclic amines) is 1. The molecule has 0 radical (unpaired) electrons. The molecule has 1 aromatic heterocycles. The Bertz CT molecular complexity index is 360. The lowest BCUT2D eigenvalue weighted by Crippen LogP contribution is -2.27. The van der Waals surface area contributed by atoms with Gasteiger partial charge in [0, 0.05) is 32.4 Å². The molecule has 1 fully saturated rings. The summed E-state index contributed by atoms with van der Waals surface area (Å²) >= 11 is 0. The van der Waals surface area contributed by atoms with Crippen LogP contribution in [-0.2, 0) is 18.4 Å². The SMILES string of the molecule is Cn1ccnc1CN1CC(CN)CC1=O. The van der Waals surface area contributed by atoms with Gasteiger partial charge in [-0.15, -0.1) is 0 Å². The van der Waals surface area contributed by atoms with Crippen molar-refractivity contribution in [1.29, 1.82) is 0 Å². The zero-order valence-corrected chi connectivity index (χ0v) is 8.89. The van der Waals surface area contributed by atoms with Gasteiger partial charge in [0.05, 0.1) is 6.54 Å². The van der Waals surface area contributed by atoms with Gasteiger partial charge in [0.1, 0.15) is 5.82 Å². The Hall–Kier alpha value is -1.36. The molecule has 1 saturated heterocycles. The lowest BCUT2D eigenvalue weighted by atomic mass is 10.1. The third-order valence-corrected chi connectivity index (χ3v) is 2.88. The monoisotopic (exact) mass is 208 g/mol. The van der Waals surface area contributed by atoms with Crippen LogP contribution in [0.1, 0.15) is 12.2 Å². The Balaban J connectivity index is 2.01. The molecule has 1 atom stereocenters. The number of nitrogens with zero attached hydrogens (tertiary/aromatic N) is 3. The molecule has 0 spiro atoms. The van der Waals surface area contributed by atoms with Crippen LogP contribution < -0.4 is 5.73 Å². The van der Waals surface area contributed by atoms with Crippen LogP contribution in [0.4, 0.5) is 0 Å². The third-order valence-electron chi connectivity index (χ3n) is 2.88. The first-order chi connectivity index (χ1) is 7.20. The zero-order valence-electron chi connectivity index (χ0n) is 8.89. The highest BCUT2D eigenvalue weighted by atomic mass is 16.2. The summed E-state index contributed by atoms with van der Waals surface area (Å²) in [4.78, 5) is 17.7. The number of hydrogen-bond acceptors (Lipinski definition) is 3. The Labute approximate surface area is 88.9 Å². The van der Waals surface area contributed by atoms with E-state index in [0.29, 0.717) is 25.4 Å². The molecule has 0 bridgehead atoms. The van der Waals surface area contributed by atoms with Gasteiger partial charge < -0.3 is 15.2 Å². The first-order valence-electron chi connectivity index (χ1n) is 5.14. The molecular weight excluding hydrogens is 192 g/mol.